The molecule has 2 rings (SSSR count). The van der Waals surface area contributed by atoms with E-state index in [1.807, 2.05) is 0 Å². The molecule has 24 heavy (non-hydrogen) atoms. The fraction of sp³-hybridized carbons (Fsp3) is 0.688. The number of hydrogen-bond donors (Lipinski definition) is 0. The molecule has 2 fully saturated rings. The van der Waals surface area contributed by atoms with Gasteiger partial charge in [0.1, 0.15) is 5.92 Å². The number of likely N-dealkylation sites (tertiary alicyclic amines) is 2. The van der Waals surface area contributed by atoms with Crippen LogP contribution in [-0.2, 0) is 28.7 Å². The van der Waals surface area contributed by atoms with Crippen LogP contribution in [0.4, 0.5) is 0 Å². The Morgan fingerprint density at radius 1 is 0.958 bits per heavy atom. The van der Waals surface area contributed by atoms with Crippen LogP contribution in [0.5, 0.6) is 0 Å². The Balaban J connectivity index is 0.000000254. The van der Waals surface area contributed by atoms with Gasteiger partial charge >= 0.3 is 5.97 Å². The van der Waals surface area contributed by atoms with Gasteiger partial charge in [0, 0.05) is 33.4 Å². The highest BCUT2D eigenvalue weighted by molar-refractivity contribution is 6.05. The summed E-state index contributed by atoms with van der Waals surface area (Å²) in [7, 11) is 1.24. The van der Waals surface area contributed by atoms with Gasteiger partial charge in [0.15, 0.2) is 0 Å². The van der Waals surface area contributed by atoms with Crippen molar-refractivity contribution in [2.75, 3.05) is 20.2 Å². The molecular formula is C16H24N2O6. The Morgan fingerprint density at radius 3 is 2.00 bits per heavy atom. The first-order chi connectivity index (χ1) is 11.3. The van der Waals surface area contributed by atoms with Crippen LogP contribution in [0.25, 0.3) is 0 Å². The predicted octanol–water partition coefficient (Wildman–Crippen LogP) is 0.490. The van der Waals surface area contributed by atoms with Gasteiger partial charge in [0.2, 0.25) is 23.6 Å². The van der Waals surface area contributed by atoms with Crippen molar-refractivity contribution >= 4 is 29.6 Å². The SMILES string of the molecule is CC(=O)N1CCCCC1=O.COC(=O)C1CCCN(C(C)=O)C1=O. The van der Waals surface area contributed by atoms with Crippen molar-refractivity contribution in [2.24, 2.45) is 5.92 Å². The third-order valence-corrected chi connectivity index (χ3v) is 4.01. The number of ether oxygens (including phenoxy) is 1. The first-order valence-electron chi connectivity index (χ1n) is 8.00. The second-order valence-electron chi connectivity index (χ2n) is 5.75. The molecular weight excluding hydrogens is 316 g/mol. The Kier molecular flexibility index (Phi) is 7.54. The number of rotatable bonds is 1. The highest BCUT2D eigenvalue weighted by atomic mass is 16.5. The molecule has 0 aromatic heterocycles. The van der Waals surface area contributed by atoms with Crippen molar-refractivity contribution in [2.45, 2.75) is 46.0 Å². The average Bonchev–Trinajstić information content (AvgIpc) is 2.55. The number of piperidine rings is 2. The van der Waals surface area contributed by atoms with Gasteiger partial charge in [-0.1, -0.05) is 0 Å². The molecule has 8 heteroatoms. The zero-order valence-corrected chi connectivity index (χ0v) is 14.4. The number of nitrogens with zero attached hydrogens (tertiary/aromatic N) is 2. The van der Waals surface area contributed by atoms with E-state index in [0.29, 0.717) is 32.4 Å². The van der Waals surface area contributed by atoms with E-state index in [1.54, 1.807) is 0 Å². The van der Waals surface area contributed by atoms with Crippen molar-refractivity contribution in [3.05, 3.63) is 0 Å². The molecule has 0 radical (unpaired) electrons. The third-order valence-electron chi connectivity index (χ3n) is 4.01. The van der Waals surface area contributed by atoms with E-state index in [2.05, 4.69) is 4.74 Å². The molecule has 0 aromatic carbocycles. The van der Waals surface area contributed by atoms with Crippen LogP contribution < -0.4 is 0 Å². The maximum Gasteiger partial charge on any atom is 0.318 e. The Labute approximate surface area is 141 Å². The summed E-state index contributed by atoms with van der Waals surface area (Å²) in [5, 5.41) is 0. The smallest absolute Gasteiger partial charge is 0.318 e. The van der Waals surface area contributed by atoms with E-state index >= 15 is 0 Å². The molecule has 2 heterocycles. The number of methoxy groups -OCH3 is 1. The Bertz CT molecular complexity index is 531. The summed E-state index contributed by atoms with van der Waals surface area (Å²) in [6.07, 6.45) is 3.56. The Morgan fingerprint density at radius 2 is 1.54 bits per heavy atom. The minimum Gasteiger partial charge on any atom is -0.468 e. The van der Waals surface area contributed by atoms with Crippen LogP contribution in [-0.4, -0.2) is 59.6 Å². The molecule has 2 saturated heterocycles. The van der Waals surface area contributed by atoms with Gasteiger partial charge in [-0.05, 0) is 25.7 Å². The number of imide groups is 2. The molecule has 8 nitrogen and oxygen atoms in total. The molecule has 2 aliphatic rings. The van der Waals surface area contributed by atoms with Crippen LogP contribution in [0.2, 0.25) is 0 Å². The molecule has 0 N–H and O–H groups in total. The Hall–Kier alpha value is -2.25. The summed E-state index contributed by atoms with van der Waals surface area (Å²) in [5.41, 5.74) is 0. The van der Waals surface area contributed by atoms with E-state index < -0.39 is 17.8 Å². The van der Waals surface area contributed by atoms with Crippen molar-refractivity contribution in [3.63, 3.8) is 0 Å². The maximum absolute atomic E-state index is 11.6. The lowest BCUT2D eigenvalue weighted by Gasteiger charge is -2.28. The van der Waals surface area contributed by atoms with Crippen LogP contribution in [0, 0.1) is 5.92 Å². The number of amides is 4. The van der Waals surface area contributed by atoms with E-state index in [4.69, 9.17) is 0 Å². The molecule has 4 amide bonds. The fourth-order valence-corrected chi connectivity index (χ4v) is 2.69. The van der Waals surface area contributed by atoms with Gasteiger partial charge in [-0.25, -0.2) is 0 Å². The number of carbonyl (C=O) groups is 5. The second-order valence-corrected chi connectivity index (χ2v) is 5.75. The first kappa shape index (κ1) is 19.8. The van der Waals surface area contributed by atoms with E-state index in [-0.39, 0.29) is 17.7 Å². The van der Waals surface area contributed by atoms with E-state index in [9.17, 15) is 24.0 Å². The standard InChI is InChI=1S/C9H13NO4.C7H11NO2/c1-6(11)10-5-3-4-7(8(10)12)9(13)14-2;1-6(9)8-5-3-2-4-7(8)10/h7H,3-5H2,1-2H3;2-5H2,1H3. The lowest BCUT2D eigenvalue weighted by atomic mass is 9.97. The summed E-state index contributed by atoms with van der Waals surface area (Å²) in [6.45, 7) is 3.77. The quantitative estimate of drug-likeness (QED) is 0.509. The van der Waals surface area contributed by atoms with Gasteiger partial charge in [0.25, 0.3) is 0 Å². The monoisotopic (exact) mass is 340 g/mol. The third kappa shape index (κ3) is 5.14. The molecule has 0 aliphatic carbocycles. The minimum absolute atomic E-state index is 0.0150. The van der Waals surface area contributed by atoms with Gasteiger partial charge < -0.3 is 4.74 Å². The molecule has 0 bridgehead atoms. The molecule has 1 atom stereocenters. The average molecular weight is 340 g/mol. The summed E-state index contributed by atoms with van der Waals surface area (Å²) < 4.78 is 4.49. The number of hydrogen-bond acceptors (Lipinski definition) is 6. The summed E-state index contributed by atoms with van der Waals surface area (Å²) in [5.74, 6) is -2.23. The lowest BCUT2D eigenvalue weighted by Crippen LogP contribution is -2.46. The highest BCUT2D eigenvalue weighted by Gasteiger charge is 2.36. The topological polar surface area (TPSA) is 101 Å². The zero-order chi connectivity index (χ0) is 18.3. The van der Waals surface area contributed by atoms with Crippen LogP contribution in [0.3, 0.4) is 0 Å². The summed E-state index contributed by atoms with van der Waals surface area (Å²) in [6, 6.07) is 0. The number of esters is 1. The van der Waals surface area contributed by atoms with Crippen LogP contribution in [0.1, 0.15) is 46.0 Å². The summed E-state index contributed by atoms with van der Waals surface area (Å²) in [4.78, 5) is 57.8. The van der Waals surface area contributed by atoms with Gasteiger partial charge in [-0.3, -0.25) is 33.8 Å². The fourth-order valence-electron chi connectivity index (χ4n) is 2.69. The van der Waals surface area contributed by atoms with Gasteiger partial charge in [0.05, 0.1) is 7.11 Å². The second kappa shape index (κ2) is 9.14. The molecule has 2 aliphatic heterocycles. The molecule has 0 spiro atoms. The molecule has 134 valence electrons. The zero-order valence-electron chi connectivity index (χ0n) is 14.4. The summed E-state index contributed by atoms with van der Waals surface area (Å²) >= 11 is 0. The normalized spacial score (nSPS) is 20.9. The largest absolute Gasteiger partial charge is 0.468 e. The van der Waals surface area contributed by atoms with E-state index in [1.165, 1.54) is 25.9 Å². The minimum atomic E-state index is -0.794. The van der Waals surface area contributed by atoms with Crippen molar-refractivity contribution < 1.29 is 28.7 Å². The van der Waals surface area contributed by atoms with Crippen molar-refractivity contribution in [3.8, 4) is 0 Å². The van der Waals surface area contributed by atoms with Gasteiger partial charge in [-0.2, -0.15) is 0 Å². The maximum atomic E-state index is 11.6. The molecule has 0 saturated carbocycles. The lowest BCUT2D eigenvalue weighted by molar-refractivity contribution is -0.159. The van der Waals surface area contributed by atoms with Crippen molar-refractivity contribution in [1.82, 2.24) is 9.80 Å². The molecule has 1 unspecified atom stereocenters. The van der Waals surface area contributed by atoms with Crippen LogP contribution in [0.15, 0.2) is 0 Å². The van der Waals surface area contributed by atoms with Gasteiger partial charge in [-0.15, -0.1) is 0 Å². The van der Waals surface area contributed by atoms with E-state index in [0.717, 1.165) is 17.7 Å². The highest BCUT2D eigenvalue weighted by Crippen LogP contribution is 2.19. The van der Waals surface area contributed by atoms with Crippen LogP contribution >= 0.6 is 0 Å². The number of carbonyl (C=O) groups excluding carboxylic acids is 5. The predicted molar refractivity (Wildman–Crippen MR) is 83.4 cm³/mol. The molecule has 0 aromatic rings. The van der Waals surface area contributed by atoms with Crippen molar-refractivity contribution in [1.29, 1.82) is 0 Å². The first-order valence-corrected chi connectivity index (χ1v) is 8.00.